The van der Waals surface area contributed by atoms with Crippen LogP contribution >= 0.6 is 0 Å². The van der Waals surface area contributed by atoms with E-state index in [2.05, 4.69) is 10.6 Å². The fourth-order valence-corrected chi connectivity index (χ4v) is 2.35. The second-order valence-electron chi connectivity index (χ2n) is 4.90. The molecule has 3 N–H and O–H groups in total. The molecule has 1 fully saturated rings. The molecule has 0 radical (unpaired) electrons. The summed E-state index contributed by atoms with van der Waals surface area (Å²) in [6.07, 6.45) is 2.23. The number of phenolic OH excluding ortho intramolecular Hbond substituents is 1. The van der Waals surface area contributed by atoms with Crippen LogP contribution in [0, 0.1) is 12.8 Å². The molecule has 98 valence electrons. The third-order valence-electron chi connectivity index (χ3n) is 3.46. The van der Waals surface area contributed by atoms with E-state index >= 15 is 0 Å². The summed E-state index contributed by atoms with van der Waals surface area (Å²) in [5.74, 6) is 0.825. The van der Waals surface area contributed by atoms with Crippen LogP contribution in [0.3, 0.4) is 0 Å². The lowest BCUT2D eigenvalue weighted by Crippen LogP contribution is -2.27. The summed E-state index contributed by atoms with van der Waals surface area (Å²) in [5, 5.41) is 15.6. The van der Waals surface area contributed by atoms with Gasteiger partial charge < -0.3 is 15.7 Å². The molecule has 1 unspecified atom stereocenters. The monoisotopic (exact) mass is 248 g/mol. The van der Waals surface area contributed by atoms with E-state index in [4.69, 9.17) is 0 Å². The number of aryl methyl sites for hydroxylation is 1. The first-order valence-corrected chi connectivity index (χ1v) is 6.45. The van der Waals surface area contributed by atoms with Crippen molar-refractivity contribution in [2.45, 2.75) is 19.8 Å². The van der Waals surface area contributed by atoms with Crippen molar-refractivity contribution in [2.75, 3.05) is 19.6 Å². The summed E-state index contributed by atoms with van der Waals surface area (Å²) < 4.78 is 0. The summed E-state index contributed by atoms with van der Waals surface area (Å²) in [6.45, 7) is 4.70. The highest BCUT2D eigenvalue weighted by atomic mass is 16.3. The highest BCUT2D eigenvalue weighted by molar-refractivity contribution is 5.95. The Morgan fingerprint density at radius 3 is 3.06 bits per heavy atom. The van der Waals surface area contributed by atoms with E-state index in [9.17, 15) is 9.90 Å². The molecule has 1 aliphatic heterocycles. The Bertz CT molecular complexity index is 426. The Morgan fingerprint density at radius 2 is 2.39 bits per heavy atom. The van der Waals surface area contributed by atoms with Crippen molar-refractivity contribution in [3.63, 3.8) is 0 Å². The summed E-state index contributed by atoms with van der Waals surface area (Å²) in [4.78, 5) is 11.9. The number of amides is 1. The van der Waals surface area contributed by atoms with Crippen molar-refractivity contribution in [1.29, 1.82) is 0 Å². The van der Waals surface area contributed by atoms with Gasteiger partial charge in [-0.15, -0.1) is 0 Å². The molecule has 1 heterocycles. The van der Waals surface area contributed by atoms with Crippen LogP contribution in [-0.2, 0) is 0 Å². The highest BCUT2D eigenvalue weighted by Crippen LogP contribution is 2.16. The van der Waals surface area contributed by atoms with Crippen molar-refractivity contribution in [3.8, 4) is 5.75 Å². The smallest absolute Gasteiger partial charge is 0.251 e. The number of benzene rings is 1. The minimum Gasteiger partial charge on any atom is -0.508 e. The average molecular weight is 248 g/mol. The first-order chi connectivity index (χ1) is 8.66. The maximum absolute atomic E-state index is 11.9. The van der Waals surface area contributed by atoms with Crippen LogP contribution in [-0.4, -0.2) is 30.6 Å². The maximum Gasteiger partial charge on any atom is 0.251 e. The van der Waals surface area contributed by atoms with Crippen LogP contribution in [0.1, 0.15) is 28.8 Å². The van der Waals surface area contributed by atoms with Gasteiger partial charge in [0.1, 0.15) is 5.75 Å². The van der Waals surface area contributed by atoms with Crippen LogP contribution in [0.2, 0.25) is 0 Å². The molecule has 2 rings (SSSR count). The van der Waals surface area contributed by atoms with Crippen molar-refractivity contribution in [1.82, 2.24) is 10.6 Å². The minimum atomic E-state index is -0.0570. The average Bonchev–Trinajstić information content (AvgIpc) is 2.81. The van der Waals surface area contributed by atoms with Gasteiger partial charge in [0.15, 0.2) is 0 Å². The first kappa shape index (κ1) is 12.9. The quantitative estimate of drug-likeness (QED) is 0.755. The molecule has 1 aliphatic rings. The van der Waals surface area contributed by atoms with E-state index in [1.165, 1.54) is 6.42 Å². The molecule has 1 aromatic carbocycles. The number of hydrogen-bond donors (Lipinski definition) is 3. The topological polar surface area (TPSA) is 61.4 Å². The van der Waals surface area contributed by atoms with E-state index in [1.807, 2.05) is 6.92 Å². The summed E-state index contributed by atoms with van der Waals surface area (Å²) in [6, 6.07) is 4.82. The molecule has 0 aromatic heterocycles. The zero-order valence-corrected chi connectivity index (χ0v) is 10.7. The van der Waals surface area contributed by atoms with Crippen molar-refractivity contribution in [2.24, 2.45) is 5.92 Å². The lowest BCUT2D eigenvalue weighted by Gasteiger charge is -2.10. The Morgan fingerprint density at radius 1 is 1.56 bits per heavy atom. The van der Waals surface area contributed by atoms with Crippen LogP contribution in [0.5, 0.6) is 5.75 Å². The fraction of sp³-hybridized carbons (Fsp3) is 0.500. The molecular weight excluding hydrogens is 228 g/mol. The van der Waals surface area contributed by atoms with Gasteiger partial charge in [-0.25, -0.2) is 0 Å². The van der Waals surface area contributed by atoms with Crippen molar-refractivity contribution >= 4 is 5.91 Å². The van der Waals surface area contributed by atoms with Crippen LogP contribution in [0.25, 0.3) is 0 Å². The molecule has 4 heteroatoms. The van der Waals surface area contributed by atoms with Gasteiger partial charge in [-0.1, -0.05) is 0 Å². The molecule has 4 nitrogen and oxygen atoms in total. The van der Waals surface area contributed by atoms with Gasteiger partial charge in [0, 0.05) is 12.1 Å². The molecule has 1 atom stereocenters. The molecule has 0 bridgehead atoms. The van der Waals surface area contributed by atoms with Crippen LogP contribution in [0.15, 0.2) is 18.2 Å². The summed E-state index contributed by atoms with van der Waals surface area (Å²) in [5.41, 5.74) is 1.44. The SMILES string of the molecule is Cc1cc(O)ccc1C(=O)NCCC1CCNC1. The number of aromatic hydroxyl groups is 1. The van der Waals surface area contributed by atoms with Crippen molar-refractivity contribution in [3.05, 3.63) is 29.3 Å². The molecule has 0 aliphatic carbocycles. The number of rotatable bonds is 4. The lowest BCUT2D eigenvalue weighted by molar-refractivity contribution is 0.0951. The Kier molecular flexibility index (Phi) is 4.20. The fourth-order valence-electron chi connectivity index (χ4n) is 2.35. The molecular formula is C14H20N2O2. The molecule has 0 spiro atoms. The van der Waals surface area contributed by atoms with E-state index in [1.54, 1.807) is 18.2 Å². The Hall–Kier alpha value is -1.55. The third kappa shape index (κ3) is 3.23. The van der Waals surface area contributed by atoms with E-state index in [-0.39, 0.29) is 11.7 Å². The van der Waals surface area contributed by atoms with E-state index < -0.39 is 0 Å². The van der Waals surface area contributed by atoms with Crippen LogP contribution in [0.4, 0.5) is 0 Å². The van der Waals surface area contributed by atoms with Crippen molar-refractivity contribution < 1.29 is 9.90 Å². The largest absolute Gasteiger partial charge is 0.508 e. The normalized spacial score (nSPS) is 18.8. The summed E-state index contributed by atoms with van der Waals surface area (Å²) >= 11 is 0. The zero-order chi connectivity index (χ0) is 13.0. The predicted molar refractivity (Wildman–Crippen MR) is 70.8 cm³/mol. The molecule has 1 amide bonds. The number of nitrogens with one attached hydrogen (secondary N) is 2. The number of carbonyl (C=O) groups excluding carboxylic acids is 1. The van der Waals surface area contributed by atoms with Gasteiger partial charge in [-0.05, 0) is 62.5 Å². The Labute approximate surface area is 107 Å². The number of hydrogen-bond acceptors (Lipinski definition) is 3. The van der Waals surface area contributed by atoms with Gasteiger partial charge in [0.2, 0.25) is 0 Å². The Balaban J connectivity index is 1.83. The lowest BCUT2D eigenvalue weighted by atomic mass is 10.0. The standard InChI is InChI=1S/C14H20N2O2/c1-10-8-12(17)2-3-13(10)14(18)16-7-5-11-4-6-15-9-11/h2-3,8,11,15,17H,4-7,9H2,1H3,(H,16,18). The predicted octanol–water partition coefficient (Wildman–Crippen LogP) is 1.43. The zero-order valence-electron chi connectivity index (χ0n) is 10.7. The number of phenols is 1. The highest BCUT2D eigenvalue weighted by Gasteiger charge is 2.15. The maximum atomic E-state index is 11.9. The minimum absolute atomic E-state index is 0.0570. The van der Waals surface area contributed by atoms with Gasteiger partial charge in [0.05, 0.1) is 0 Å². The van der Waals surface area contributed by atoms with Gasteiger partial charge in [0.25, 0.3) is 5.91 Å². The molecule has 1 aromatic rings. The van der Waals surface area contributed by atoms with Gasteiger partial charge in [-0.2, -0.15) is 0 Å². The second-order valence-corrected chi connectivity index (χ2v) is 4.90. The molecule has 0 saturated carbocycles. The first-order valence-electron chi connectivity index (χ1n) is 6.45. The van der Waals surface area contributed by atoms with E-state index in [0.717, 1.165) is 25.1 Å². The van der Waals surface area contributed by atoms with Gasteiger partial charge >= 0.3 is 0 Å². The number of carbonyl (C=O) groups is 1. The third-order valence-corrected chi connectivity index (χ3v) is 3.46. The molecule has 1 saturated heterocycles. The second kappa shape index (κ2) is 5.87. The summed E-state index contributed by atoms with van der Waals surface area (Å²) in [7, 11) is 0. The molecule has 18 heavy (non-hydrogen) atoms. The van der Waals surface area contributed by atoms with E-state index in [0.29, 0.717) is 18.0 Å². The van der Waals surface area contributed by atoms with Crippen LogP contribution < -0.4 is 10.6 Å². The van der Waals surface area contributed by atoms with Gasteiger partial charge in [-0.3, -0.25) is 4.79 Å².